The molecule has 2 aliphatic rings. The Bertz CT molecular complexity index is 151. The molecule has 2 aliphatic heterocycles. The Morgan fingerprint density at radius 3 is 2.46 bits per heavy atom. The zero-order valence-electron chi connectivity index (χ0n) is 8.37. The third-order valence-electron chi connectivity index (χ3n) is 3.19. The zero-order valence-corrected chi connectivity index (χ0v) is 8.37. The second kappa shape index (κ2) is 4.40. The molecule has 0 aromatic heterocycles. The number of methoxy groups -OCH3 is 1. The van der Waals surface area contributed by atoms with Gasteiger partial charge in [-0.1, -0.05) is 0 Å². The van der Waals surface area contributed by atoms with Crippen molar-refractivity contribution in [3.05, 3.63) is 0 Å². The molecule has 0 spiro atoms. The topological polar surface area (TPSA) is 21.7 Å². The molecule has 2 saturated heterocycles. The molecule has 0 bridgehead atoms. The van der Waals surface area contributed by atoms with E-state index in [4.69, 9.17) is 9.47 Å². The molecule has 0 unspecified atom stereocenters. The predicted molar refractivity (Wildman–Crippen MR) is 50.8 cm³/mol. The predicted octanol–water partition coefficient (Wildman–Crippen LogP) is 0.744. The SMILES string of the molecule is COCC1CCN(C2COC2)CC1. The van der Waals surface area contributed by atoms with Gasteiger partial charge in [-0.3, -0.25) is 4.90 Å². The summed E-state index contributed by atoms with van der Waals surface area (Å²) in [5.74, 6) is 0.794. The fourth-order valence-electron chi connectivity index (χ4n) is 2.15. The van der Waals surface area contributed by atoms with Gasteiger partial charge in [-0.05, 0) is 31.8 Å². The van der Waals surface area contributed by atoms with E-state index in [0.717, 1.165) is 31.8 Å². The van der Waals surface area contributed by atoms with E-state index in [1.54, 1.807) is 7.11 Å². The Kier molecular flexibility index (Phi) is 3.19. The summed E-state index contributed by atoms with van der Waals surface area (Å²) in [7, 11) is 1.80. The largest absolute Gasteiger partial charge is 0.384 e. The van der Waals surface area contributed by atoms with E-state index in [1.807, 2.05) is 0 Å². The van der Waals surface area contributed by atoms with E-state index in [2.05, 4.69) is 4.90 Å². The van der Waals surface area contributed by atoms with Gasteiger partial charge in [0.05, 0.1) is 19.3 Å². The minimum absolute atomic E-state index is 0.725. The van der Waals surface area contributed by atoms with Gasteiger partial charge in [0, 0.05) is 13.7 Å². The molecule has 0 amide bonds. The van der Waals surface area contributed by atoms with Crippen molar-refractivity contribution in [2.75, 3.05) is 40.0 Å². The first-order chi connectivity index (χ1) is 6.40. The molecule has 2 heterocycles. The lowest BCUT2D eigenvalue weighted by Gasteiger charge is -2.41. The second-order valence-corrected chi connectivity index (χ2v) is 4.13. The molecule has 13 heavy (non-hydrogen) atoms. The van der Waals surface area contributed by atoms with Crippen LogP contribution in [0.15, 0.2) is 0 Å². The van der Waals surface area contributed by atoms with Gasteiger partial charge in [-0.25, -0.2) is 0 Å². The van der Waals surface area contributed by atoms with E-state index < -0.39 is 0 Å². The van der Waals surface area contributed by atoms with Crippen molar-refractivity contribution >= 4 is 0 Å². The maximum absolute atomic E-state index is 5.20. The number of hydrogen-bond donors (Lipinski definition) is 0. The third-order valence-corrected chi connectivity index (χ3v) is 3.19. The van der Waals surface area contributed by atoms with Crippen LogP contribution in [-0.4, -0.2) is 51.0 Å². The molecule has 0 aliphatic carbocycles. The quantitative estimate of drug-likeness (QED) is 0.647. The molecular weight excluding hydrogens is 166 g/mol. The lowest BCUT2D eigenvalue weighted by Crippen LogP contribution is -2.52. The van der Waals surface area contributed by atoms with Crippen molar-refractivity contribution in [1.29, 1.82) is 0 Å². The van der Waals surface area contributed by atoms with Crippen molar-refractivity contribution in [1.82, 2.24) is 4.90 Å². The van der Waals surface area contributed by atoms with Gasteiger partial charge < -0.3 is 9.47 Å². The van der Waals surface area contributed by atoms with Gasteiger partial charge in [0.25, 0.3) is 0 Å². The molecule has 0 aromatic carbocycles. The van der Waals surface area contributed by atoms with E-state index >= 15 is 0 Å². The first kappa shape index (κ1) is 9.44. The van der Waals surface area contributed by atoms with E-state index in [1.165, 1.54) is 25.9 Å². The first-order valence-corrected chi connectivity index (χ1v) is 5.21. The first-order valence-electron chi connectivity index (χ1n) is 5.21. The van der Waals surface area contributed by atoms with Crippen LogP contribution < -0.4 is 0 Å². The third kappa shape index (κ3) is 2.22. The van der Waals surface area contributed by atoms with Gasteiger partial charge in [0.15, 0.2) is 0 Å². The molecule has 0 aromatic rings. The molecule has 76 valence electrons. The van der Waals surface area contributed by atoms with Crippen LogP contribution >= 0.6 is 0 Å². The van der Waals surface area contributed by atoms with Crippen molar-refractivity contribution in [3.63, 3.8) is 0 Å². The molecule has 0 atom stereocenters. The Balaban J connectivity index is 1.69. The Hall–Kier alpha value is -0.120. The fraction of sp³-hybridized carbons (Fsp3) is 1.00. The Morgan fingerprint density at radius 1 is 1.31 bits per heavy atom. The lowest BCUT2D eigenvalue weighted by atomic mass is 9.96. The van der Waals surface area contributed by atoms with Crippen molar-refractivity contribution in [2.45, 2.75) is 18.9 Å². The van der Waals surface area contributed by atoms with Gasteiger partial charge in [0.2, 0.25) is 0 Å². The normalized spacial score (nSPS) is 27.5. The lowest BCUT2D eigenvalue weighted by molar-refractivity contribution is -0.0760. The summed E-state index contributed by atoms with van der Waals surface area (Å²) in [4.78, 5) is 2.57. The summed E-state index contributed by atoms with van der Waals surface area (Å²) in [6.45, 7) is 5.32. The summed E-state index contributed by atoms with van der Waals surface area (Å²) < 4.78 is 10.4. The minimum Gasteiger partial charge on any atom is -0.384 e. The Morgan fingerprint density at radius 2 is 2.00 bits per heavy atom. The maximum Gasteiger partial charge on any atom is 0.0645 e. The van der Waals surface area contributed by atoms with E-state index in [-0.39, 0.29) is 0 Å². The van der Waals surface area contributed by atoms with Gasteiger partial charge in [-0.15, -0.1) is 0 Å². The van der Waals surface area contributed by atoms with Crippen LogP contribution in [0.25, 0.3) is 0 Å². The van der Waals surface area contributed by atoms with Gasteiger partial charge in [-0.2, -0.15) is 0 Å². The minimum atomic E-state index is 0.725. The molecule has 3 heteroatoms. The number of ether oxygens (including phenoxy) is 2. The number of hydrogen-bond acceptors (Lipinski definition) is 3. The highest BCUT2D eigenvalue weighted by Gasteiger charge is 2.29. The standard InChI is InChI=1S/C10H19NO2/c1-12-6-9-2-4-11(5-3-9)10-7-13-8-10/h9-10H,2-8H2,1H3. The number of rotatable bonds is 3. The highest BCUT2D eigenvalue weighted by molar-refractivity contribution is 4.81. The summed E-state index contributed by atoms with van der Waals surface area (Å²) >= 11 is 0. The van der Waals surface area contributed by atoms with Crippen LogP contribution in [0.1, 0.15) is 12.8 Å². The van der Waals surface area contributed by atoms with E-state index in [9.17, 15) is 0 Å². The monoisotopic (exact) mass is 185 g/mol. The average Bonchev–Trinajstić information content (AvgIpc) is 2.06. The van der Waals surface area contributed by atoms with Crippen LogP contribution in [0.5, 0.6) is 0 Å². The van der Waals surface area contributed by atoms with E-state index in [0.29, 0.717) is 0 Å². The molecule has 2 rings (SSSR count). The second-order valence-electron chi connectivity index (χ2n) is 4.13. The molecular formula is C10H19NO2. The molecule has 3 nitrogen and oxygen atoms in total. The highest BCUT2D eigenvalue weighted by Crippen LogP contribution is 2.21. The van der Waals surface area contributed by atoms with Crippen molar-refractivity contribution in [3.8, 4) is 0 Å². The van der Waals surface area contributed by atoms with Gasteiger partial charge >= 0.3 is 0 Å². The number of piperidine rings is 1. The van der Waals surface area contributed by atoms with Crippen molar-refractivity contribution in [2.24, 2.45) is 5.92 Å². The summed E-state index contributed by atoms with van der Waals surface area (Å²) in [5, 5.41) is 0. The fourth-order valence-corrected chi connectivity index (χ4v) is 2.15. The van der Waals surface area contributed by atoms with Crippen LogP contribution in [0.3, 0.4) is 0 Å². The smallest absolute Gasteiger partial charge is 0.0645 e. The highest BCUT2D eigenvalue weighted by atomic mass is 16.5. The number of likely N-dealkylation sites (tertiary alicyclic amines) is 1. The summed E-state index contributed by atoms with van der Waals surface area (Å²) in [5.41, 5.74) is 0. The van der Waals surface area contributed by atoms with Gasteiger partial charge in [0.1, 0.15) is 0 Å². The molecule has 0 saturated carbocycles. The summed E-state index contributed by atoms with van der Waals surface area (Å²) in [6.07, 6.45) is 2.59. The van der Waals surface area contributed by atoms with Crippen LogP contribution in [0.2, 0.25) is 0 Å². The van der Waals surface area contributed by atoms with Crippen LogP contribution in [0, 0.1) is 5.92 Å². The van der Waals surface area contributed by atoms with Crippen molar-refractivity contribution < 1.29 is 9.47 Å². The van der Waals surface area contributed by atoms with Crippen LogP contribution in [0.4, 0.5) is 0 Å². The molecule has 2 fully saturated rings. The maximum atomic E-state index is 5.20. The Labute approximate surface area is 80.0 Å². The molecule has 0 radical (unpaired) electrons. The molecule has 0 N–H and O–H groups in total. The summed E-state index contributed by atoms with van der Waals surface area (Å²) in [6, 6.07) is 0.725. The number of nitrogens with zero attached hydrogens (tertiary/aromatic N) is 1. The average molecular weight is 185 g/mol. The zero-order chi connectivity index (χ0) is 9.10. The van der Waals surface area contributed by atoms with Crippen LogP contribution in [-0.2, 0) is 9.47 Å².